The van der Waals surface area contributed by atoms with Crippen LogP contribution >= 0.6 is 0 Å². The third-order valence-corrected chi connectivity index (χ3v) is 4.84. The quantitative estimate of drug-likeness (QED) is 0.407. The molecular weight excluding hydrogens is 363 g/mol. The lowest BCUT2D eigenvalue weighted by Crippen LogP contribution is -2.24. The highest BCUT2D eigenvalue weighted by Gasteiger charge is 2.21. The fourth-order valence-electron chi connectivity index (χ4n) is 3.05. The van der Waals surface area contributed by atoms with Crippen molar-refractivity contribution in [3.63, 3.8) is 0 Å². The van der Waals surface area contributed by atoms with E-state index in [2.05, 4.69) is 44.7 Å². The Labute approximate surface area is 172 Å². The summed E-state index contributed by atoms with van der Waals surface area (Å²) in [6, 6.07) is 22.2. The first-order valence-corrected chi connectivity index (χ1v) is 9.70. The first kappa shape index (κ1) is 20.8. The highest BCUT2D eigenvalue weighted by molar-refractivity contribution is 5.61. The van der Waals surface area contributed by atoms with Gasteiger partial charge in [-0.2, -0.15) is 0 Å². The molecule has 2 nitrogen and oxygen atoms in total. The predicted octanol–water partition coefficient (Wildman–Crippen LogP) is 7.15. The maximum Gasteiger partial charge on any atom is 0.127 e. The number of benzene rings is 3. The van der Waals surface area contributed by atoms with E-state index >= 15 is 0 Å². The molecule has 0 fully saturated rings. The van der Waals surface area contributed by atoms with Crippen molar-refractivity contribution in [2.75, 3.05) is 6.61 Å². The van der Waals surface area contributed by atoms with E-state index in [1.807, 2.05) is 31.2 Å². The van der Waals surface area contributed by atoms with Gasteiger partial charge in [-0.05, 0) is 60.0 Å². The Hall–Kier alpha value is -2.91. The summed E-state index contributed by atoms with van der Waals surface area (Å²) in [7, 11) is 0. The smallest absolute Gasteiger partial charge is 0.127 e. The van der Waals surface area contributed by atoms with Crippen molar-refractivity contribution in [2.24, 2.45) is 0 Å². The van der Waals surface area contributed by atoms with Crippen LogP contribution in [-0.4, -0.2) is 6.61 Å². The van der Waals surface area contributed by atoms with E-state index in [4.69, 9.17) is 9.47 Å². The third kappa shape index (κ3) is 5.78. The topological polar surface area (TPSA) is 18.5 Å². The molecule has 0 saturated heterocycles. The molecule has 29 heavy (non-hydrogen) atoms. The van der Waals surface area contributed by atoms with Crippen LogP contribution in [0.5, 0.6) is 11.5 Å². The van der Waals surface area contributed by atoms with Gasteiger partial charge in [0.25, 0.3) is 0 Å². The Morgan fingerprint density at radius 2 is 1.62 bits per heavy atom. The van der Waals surface area contributed by atoms with E-state index in [0.717, 1.165) is 16.7 Å². The molecule has 0 atom stereocenters. The van der Waals surface area contributed by atoms with Gasteiger partial charge in [-0.1, -0.05) is 62.4 Å². The molecule has 0 saturated carbocycles. The molecule has 3 aromatic carbocycles. The lowest BCUT2D eigenvalue weighted by atomic mass is 9.85. The molecule has 0 unspecified atom stereocenters. The van der Waals surface area contributed by atoms with Crippen LogP contribution in [0, 0.1) is 5.82 Å². The van der Waals surface area contributed by atoms with E-state index in [9.17, 15) is 4.39 Å². The van der Waals surface area contributed by atoms with Crippen LogP contribution in [-0.2, 0) is 16.8 Å². The zero-order valence-corrected chi connectivity index (χ0v) is 17.2. The molecule has 0 aliphatic carbocycles. The van der Waals surface area contributed by atoms with Crippen LogP contribution < -0.4 is 4.74 Å². The van der Waals surface area contributed by atoms with Gasteiger partial charge in [0.15, 0.2) is 0 Å². The molecule has 3 rings (SSSR count). The molecule has 3 heteroatoms. The van der Waals surface area contributed by atoms with Crippen molar-refractivity contribution in [3.8, 4) is 11.5 Å². The molecule has 0 aliphatic rings. The van der Waals surface area contributed by atoms with Crippen molar-refractivity contribution in [3.05, 3.63) is 102 Å². The molecule has 150 valence electrons. The predicted molar refractivity (Wildman–Crippen MR) is 117 cm³/mol. The first-order chi connectivity index (χ1) is 13.8. The summed E-state index contributed by atoms with van der Waals surface area (Å²) >= 11 is 0. The maximum absolute atomic E-state index is 13.0. The van der Waals surface area contributed by atoms with Gasteiger partial charge >= 0.3 is 0 Å². The van der Waals surface area contributed by atoms with Crippen molar-refractivity contribution in [1.29, 1.82) is 0 Å². The fraction of sp³-hybridized carbons (Fsp3) is 0.231. The lowest BCUT2D eigenvalue weighted by molar-refractivity contribution is 0.0824. The van der Waals surface area contributed by atoms with Gasteiger partial charge < -0.3 is 9.47 Å². The van der Waals surface area contributed by atoms with Crippen LogP contribution in [0.15, 0.2) is 79.4 Å². The molecule has 0 spiro atoms. The van der Waals surface area contributed by atoms with E-state index in [0.29, 0.717) is 24.7 Å². The summed E-state index contributed by atoms with van der Waals surface area (Å²) in [5, 5.41) is 0. The summed E-state index contributed by atoms with van der Waals surface area (Å²) in [5.41, 5.74) is 4.38. The molecule has 0 bridgehead atoms. The summed E-state index contributed by atoms with van der Waals surface area (Å²) in [5.74, 6) is 1.02. The minimum Gasteiger partial charge on any atom is -0.457 e. The van der Waals surface area contributed by atoms with Crippen LogP contribution in [0.2, 0.25) is 0 Å². The number of allylic oxidation sites excluding steroid dienone is 1. The van der Waals surface area contributed by atoms with Gasteiger partial charge in [0.05, 0.1) is 13.2 Å². The number of hydrogen-bond acceptors (Lipinski definition) is 2. The normalized spacial score (nSPS) is 11.3. The number of halogens is 1. The Bertz CT molecular complexity index is 957. The Balaban J connectivity index is 1.58. The SMILES string of the molecule is C=C(C)c1ccc(C(C)(C)COCc2cccc(Oc3ccc(F)cc3)c2)cc1. The summed E-state index contributed by atoms with van der Waals surface area (Å²) < 4.78 is 24.8. The van der Waals surface area contributed by atoms with Crippen LogP contribution in [0.25, 0.3) is 5.57 Å². The fourth-order valence-corrected chi connectivity index (χ4v) is 3.05. The molecule has 0 amide bonds. The molecule has 0 aromatic heterocycles. The highest BCUT2D eigenvalue weighted by atomic mass is 19.1. The zero-order valence-electron chi connectivity index (χ0n) is 17.2. The molecule has 0 aliphatic heterocycles. The highest BCUT2D eigenvalue weighted by Crippen LogP contribution is 2.26. The third-order valence-electron chi connectivity index (χ3n) is 4.84. The second kappa shape index (κ2) is 9.06. The van der Waals surface area contributed by atoms with Gasteiger partial charge in [-0.25, -0.2) is 4.39 Å². The number of ether oxygens (including phenoxy) is 2. The zero-order chi connectivity index (χ0) is 20.9. The second-order valence-electron chi connectivity index (χ2n) is 7.94. The van der Waals surface area contributed by atoms with Gasteiger partial charge in [0.1, 0.15) is 17.3 Å². The Morgan fingerprint density at radius 3 is 2.28 bits per heavy atom. The van der Waals surface area contributed by atoms with Gasteiger partial charge in [-0.15, -0.1) is 0 Å². The van der Waals surface area contributed by atoms with Crippen molar-refractivity contribution in [1.82, 2.24) is 0 Å². The van der Waals surface area contributed by atoms with Crippen LogP contribution in [0.1, 0.15) is 37.5 Å². The maximum atomic E-state index is 13.0. The van der Waals surface area contributed by atoms with Crippen molar-refractivity contribution >= 4 is 5.57 Å². The van der Waals surface area contributed by atoms with E-state index in [-0.39, 0.29) is 11.2 Å². The monoisotopic (exact) mass is 390 g/mol. The molecule has 0 N–H and O–H groups in total. The summed E-state index contributed by atoms with van der Waals surface area (Å²) in [6.45, 7) is 11.4. The first-order valence-electron chi connectivity index (χ1n) is 9.70. The van der Waals surface area contributed by atoms with E-state index in [1.165, 1.54) is 17.7 Å². The minimum absolute atomic E-state index is 0.101. The average molecular weight is 390 g/mol. The average Bonchev–Trinajstić information content (AvgIpc) is 2.70. The van der Waals surface area contributed by atoms with Crippen LogP contribution in [0.4, 0.5) is 4.39 Å². The summed E-state index contributed by atoms with van der Waals surface area (Å²) in [6.07, 6.45) is 0. The van der Waals surface area contributed by atoms with Crippen molar-refractivity contribution in [2.45, 2.75) is 32.8 Å². The Morgan fingerprint density at radius 1 is 0.931 bits per heavy atom. The minimum atomic E-state index is -0.281. The molecule has 0 radical (unpaired) electrons. The van der Waals surface area contributed by atoms with Gasteiger partial charge in [-0.3, -0.25) is 0 Å². The largest absolute Gasteiger partial charge is 0.457 e. The molecule has 3 aromatic rings. The molecule has 0 heterocycles. The summed E-state index contributed by atoms with van der Waals surface area (Å²) in [4.78, 5) is 0. The van der Waals surface area contributed by atoms with Gasteiger partial charge in [0.2, 0.25) is 0 Å². The lowest BCUT2D eigenvalue weighted by Gasteiger charge is -2.25. The van der Waals surface area contributed by atoms with E-state index < -0.39 is 0 Å². The molecular formula is C26H27FO2. The standard InChI is InChI=1S/C26H27FO2/c1-19(2)21-8-10-22(11-9-21)26(3,4)18-28-17-20-6-5-7-25(16-20)29-24-14-12-23(27)13-15-24/h5-16H,1,17-18H2,2-4H3. The Kier molecular flexibility index (Phi) is 6.50. The van der Waals surface area contributed by atoms with Crippen molar-refractivity contribution < 1.29 is 13.9 Å². The second-order valence-corrected chi connectivity index (χ2v) is 7.94. The van der Waals surface area contributed by atoms with Gasteiger partial charge in [0, 0.05) is 5.41 Å². The number of hydrogen-bond donors (Lipinski definition) is 0. The van der Waals surface area contributed by atoms with E-state index in [1.54, 1.807) is 12.1 Å². The number of rotatable bonds is 8. The van der Waals surface area contributed by atoms with Crippen LogP contribution in [0.3, 0.4) is 0 Å².